The van der Waals surface area contributed by atoms with E-state index < -0.39 is 5.60 Å². The number of aromatic nitrogens is 1. The van der Waals surface area contributed by atoms with E-state index >= 15 is 0 Å². The molecule has 112 valence electrons. The fourth-order valence-corrected chi connectivity index (χ4v) is 1.61. The van der Waals surface area contributed by atoms with Crippen LogP contribution in [0.15, 0.2) is 18.3 Å². The standard InChI is InChI=1S/C15H24N2O3/c1-5-10-20-15(4,6-2)14(18)17-12-8-9-13(16-11-12)19-7-3/h8-9,11H,5-7,10H2,1-4H3,(H,17,18)/t15-/m0/s1. The van der Waals surface area contributed by atoms with Gasteiger partial charge in [-0.25, -0.2) is 4.98 Å². The predicted molar refractivity (Wildman–Crippen MR) is 79.0 cm³/mol. The van der Waals surface area contributed by atoms with Gasteiger partial charge in [-0.3, -0.25) is 4.79 Å². The predicted octanol–water partition coefficient (Wildman–Crippen LogP) is 3.01. The highest BCUT2D eigenvalue weighted by Crippen LogP contribution is 2.19. The van der Waals surface area contributed by atoms with E-state index in [0.717, 1.165) is 6.42 Å². The first-order chi connectivity index (χ1) is 9.55. The Labute approximate surface area is 120 Å². The summed E-state index contributed by atoms with van der Waals surface area (Å²) in [4.78, 5) is 16.4. The van der Waals surface area contributed by atoms with Gasteiger partial charge in [0.1, 0.15) is 5.60 Å². The van der Waals surface area contributed by atoms with Crippen LogP contribution in [0, 0.1) is 0 Å². The van der Waals surface area contributed by atoms with E-state index in [1.165, 1.54) is 0 Å². The van der Waals surface area contributed by atoms with Crippen LogP contribution >= 0.6 is 0 Å². The summed E-state index contributed by atoms with van der Waals surface area (Å²) in [7, 11) is 0. The Kier molecular flexibility index (Phi) is 6.45. The maximum absolute atomic E-state index is 12.3. The highest BCUT2D eigenvalue weighted by molar-refractivity contribution is 5.96. The summed E-state index contributed by atoms with van der Waals surface area (Å²) in [5.74, 6) is 0.394. The normalized spacial score (nSPS) is 13.6. The van der Waals surface area contributed by atoms with Gasteiger partial charge in [-0.2, -0.15) is 0 Å². The SMILES string of the molecule is CCCO[C@@](C)(CC)C(=O)Nc1ccc(OCC)nc1. The Morgan fingerprint density at radius 2 is 2.10 bits per heavy atom. The number of nitrogens with one attached hydrogen (secondary N) is 1. The van der Waals surface area contributed by atoms with Crippen LogP contribution < -0.4 is 10.1 Å². The second kappa shape index (κ2) is 7.85. The van der Waals surface area contributed by atoms with Crippen LogP contribution in [0.25, 0.3) is 0 Å². The van der Waals surface area contributed by atoms with Gasteiger partial charge in [-0.05, 0) is 32.8 Å². The molecule has 1 heterocycles. The number of carbonyl (C=O) groups is 1. The van der Waals surface area contributed by atoms with Crippen molar-refractivity contribution in [1.29, 1.82) is 0 Å². The summed E-state index contributed by atoms with van der Waals surface area (Å²) in [6.45, 7) is 8.79. The van der Waals surface area contributed by atoms with Crippen molar-refractivity contribution in [3.05, 3.63) is 18.3 Å². The van der Waals surface area contributed by atoms with Gasteiger partial charge in [0.15, 0.2) is 0 Å². The van der Waals surface area contributed by atoms with E-state index in [-0.39, 0.29) is 5.91 Å². The van der Waals surface area contributed by atoms with Crippen molar-refractivity contribution < 1.29 is 14.3 Å². The lowest BCUT2D eigenvalue weighted by Crippen LogP contribution is -2.42. The first-order valence-electron chi connectivity index (χ1n) is 7.10. The quantitative estimate of drug-likeness (QED) is 0.795. The fourth-order valence-electron chi connectivity index (χ4n) is 1.61. The molecule has 0 aliphatic heterocycles. The molecule has 0 radical (unpaired) electrons. The summed E-state index contributed by atoms with van der Waals surface area (Å²) < 4.78 is 10.9. The van der Waals surface area contributed by atoms with Crippen LogP contribution in [0.4, 0.5) is 5.69 Å². The van der Waals surface area contributed by atoms with Crippen LogP contribution in [0.5, 0.6) is 5.88 Å². The number of ether oxygens (including phenoxy) is 2. The van der Waals surface area contributed by atoms with Gasteiger partial charge in [0, 0.05) is 12.7 Å². The van der Waals surface area contributed by atoms with Gasteiger partial charge in [0.05, 0.1) is 18.5 Å². The number of hydrogen-bond acceptors (Lipinski definition) is 4. The minimum absolute atomic E-state index is 0.153. The molecule has 1 amide bonds. The summed E-state index contributed by atoms with van der Waals surface area (Å²) in [6.07, 6.45) is 3.08. The smallest absolute Gasteiger partial charge is 0.256 e. The molecule has 0 spiro atoms. The highest BCUT2D eigenvalue weighted by atomic mass is 16.5. The molecule has 5 nitrogen and oxygen atoms in total. The Morgan fingerprint density at radius 3 is 2.60 bits per heavy atom. The minimum Gasteiger partial charge on any atom is -0.478 e. The van der Waals surface area contributed by atoms with Crippen molar-refractivity contribution in [3.63, 3.8) is 0 Å². The van der Waals surface area contributed by atoms with Gasteiger partial charge < -0.3 is 14.8 Å². The molecule has 0 saturated carbocycles. The molecule has 0 saturated heterocycles. The molecule has 1 aromatic rings. The molecule has 1 aromatic heterocycles. The number of carbonyl (C=O) groups excluding carboxylic acids is 1. The van der Waals surface area contributed by atoms with Gasteiger partial charge in [-0.1, -0.05) is 13.8 Å². The van der Waals surface area contributed by atoms with Gasteiger partial charge >= 0.3 is 0 Å². The van der Waals surface area contributed by atoms with E-state index in [9.17, 15) is 4.79 Å². The maximum Gasteiger partial charge on any atom is 0.256 e. The third kappa shape index (κ3) is 4.49. The number of pyridine rings is 1. The third-order valence-electron chi connectivity index (χ3n) is 3.07. The van der Waals surface area contributed by atoms with E-state index in [2.05, 4.69) is 10.3 Å². The Bertz CT molecular complexity index is 420. The minimum atomic E-state index is -0.811. The number of anilines is 1. The van der Waals surface area contributed by atoms with Crippen molar-refractivity contribution >= 4 is 11.6 Å². The van der Waals surface area contributed by atoms with Gasteiger partial charge in [0.2, 0.25) is 5.88 Å². The summed E-state index contributed by atoms with van der Waals surface area (Å²) in [5.41, 5.74) is -0.174. The summed E-state index contributed by atoms with van der Waals surface area (Å²) >= 11 is 0. The number of amides is 1. The van der Waals surface area contributed by atoms with E-state index in [1.54, 1.807) is 25.3 Å². The molecule has 0 aliphatic carbocycles. The van der Waals surface area contributed by atoms with Gasteiger partial charge in [-0.15, -0.1) is 0 Å². The molecule has 20 heavy (non-hydrogen) atoms. The topological polar surface area (TPSA) is 60.5 Å². The molecule has 0 unspecified atom stereocenters. The average molecular weight is 280 g/mol. The summed E-state index contributed by atoms with van der Waals surface area (Å²) in [5, 5.41) is 2.83. The lowest BCUT2D eigenvalue weighted by molar-refractivity contribution is -0.139. The van der Waals surface area contributed by atoms with Crippen molar-refractivity contribution in [2.24, 2.45) is 0 Å². The van der Waals surface area contributed by atoms with Crippen LogP contribution in [0.2, 0.25) is 0 Å². The largest absolute Gasteiger partial charge is 0.478 e. The lowest BCUT2D eigenvalue weighted by atomic mass is 10.0. The molecule has 1 rings (SSSR count). The van der Waals surface area contributed by atoms with E-state index in [4.69, 9.17) is 9.47 Å². The molecule has 0 fully saturated rings. The van der Waals surface area contributed by atoms with E-state index in [0.29, 0.717) is 31.2 Å². The van der Waals surface area contributed by atoms with Crippen LogP contribution in [-0.4, -0.2) is 29.7 Å². The van der Waals surface area contributed by atoms with Crippen LogP contribution in [-0.2, 0) is 9.53 Å². The molecule has 1 N–H and O–H groups in total. The Morgan fingerprint density at radius 1 is 1.35 bits per heavy atom. The zero-order valence-corrected chi connectivity index (χ0v) is 12.7. The monoisotopic (exact) mass is 280 g/mol. The van der Waals surface area contributed by atoms with Crippen molar-refractivity contribution in [1.82, 2.24) is 4.98 Å². The summed E-state index contributed by atoms with van der Waals surface area (Å²) in [6, 6.07) is 3.50. The lowest BCUT2D eigenvalue weighted by Gasteiger charge is -2.27. The first-order valence-corrected chi connectivity index (χ1v) is 7.10. The van der Waals surface area contributed by atoms with E-state index in [1.807, 2.05) is 20.8 Å². The molecular formula is C15H24N2O3. The van der Waals surface area contributed by atoms with Crippen LogP contribution in [0.3, 0.4) is 0 Å². The second-order valence-electron chi connectivity index (χ2n) is 4.71. The Hall–Kier alpha value is -1.62. The van der Waals surface area contributed by atoms with Crippen molar-refractivity contribution in [2.75, 3.05) is 18.5 Å². The highest BCUT2D eigenvalue weighted by Gasteiger charge is 2.32. The molecule has 1 atom stereocenters. The molecule has 0 bridgehead atoms. The number of nitrogens with zero attached hydrogens (tertiary/aromatic N) is 1. The molecule has 5 heteroatoms. The fraction of sp³-hybridized carbons (Fsp3) is 0.600. The van der Waals surface area contributed by atoms with Gasteiger partial charge in [0.25, 0.3) is 5.91 Å². The third-order valence-corrected chi connectivity index (χ3v) is 3.07. The Balaban J connectivity index is 2.68. The number of hydrogen-bond donors (Lipinski definition) is 1. The maximum atomic E-state index is 12.3. The first kappa shape index (κ1) is 16.4. The second-order valence-corrected chi connectivity index (χ2v) is 4.71. The van der Waals surface area contributed by atoms with Crippen molar-refractivity contribution in [3.8, 4) is 5.88 Å². The number of rotatable bonds is 8. The zero-order chi connectivity index (χ0) is 15.0. The van der Waals surface area contributed by atoms with Crippen LogP contribution in [0.1, 0.15) is 40.5 Å². The average Bonchev–Trinajstić information content (AvgIpc) is 2.47. The zero-order valence-electron chi connectivity index (χ0n) is 12.7. The van der Waals surface area contributed by atoms with Crippen molar-refractivity contribution in [2.45, 2.75) is 46.1 Å². The molecular weight excluding hydrogens is 256 g/mol. The molecule has 0 aromatic carbocycles. The molecule has 0 aliphatic rings.